The summed E-state index contributed by atoms with van der Waals surface area (Å²) in [7, 11) is 1.96. The van der Waals surface area contributed by atoms with Gasteiger partial charge in [-0.1, -0.05) is 20.8 Å². The molecule has 1 heterocycles. The van der Waals surface area contributed by atoms with Crippen LogP contribution in [0, 0.1) is 0 Å². The van der Waals surface area contributed by atoms with Crippen molar-refractivity contribution < 1.29 is 9.47 Å². The highest BCUT2D eigenvalue weighted by Gasteiger charge is 2.23. The molecule has 2 rings (SSSR count). The molecule has 1 aromatic heterocycles. The van der Waals surface area contributed by atoms with Crippen molar-refractivity contribution >= 4 is 11.3 Å². The van der Waals surface area contributed by atoms with Gasteiger partial charge in [0.15, 0.2) is 0 Å². The third-order valence-electron chi connectivity index (χ3n) is 3.91. The van der Waals surface area contributed by atoms with Gasteiger partial charge in [-0.3, -0.25) is 0 Å². The number of thiazole rings is 1. The Balaban J connectivity index is 2.51. The summed E-state index contributed by atoms with van der Waals surface area (Å²) in [6.07, 6.45) is 0.934. The second-order valence-electron chi connectivity index (χ2n) is 6.94. The predicted molar refractivity (Wildman–Crippen MR) is 106 cm³/mol. The number of nitrogens with one attached hydrogen (secondary N) is 1. The van der Waals surface area contributed by atoms with Crippen LogP contribution in [0.15, 0.2) is 17.5 Å². The largest absolute Gasteiger partial charge is 0.494 e. The summed E-state index contributed by atoms with van der Waals surface area (Å²) in [6.45, 7) is 12.8. The molecule has 0 saturated heterocycles. The van der Waals surface area contributed by atoms with Crippen molar-refractivity contribution in [1.29, 1.82) is 0 Å². The number of rotatable bonds is 8. The average molecular weight is 363 g/mol. The van der Waals surface area contributed by atoms with Crippen LogP contribution in [0.1, 0.15) is 45.2 Å². The lowest BCUT2D eigenvalue weighted by Gasteiger charge is -2.24. The van der Waals surface area contributed by atoms with Gasteiger partial charge in [0.25, 0.3) is 0 Å². The SMILES string of the molecule is CCOc1cc(C(C)(C)C)c(OCC)cc1-c1csc(CCNC)n1. The van der Waals surface area contributed by atoms with E-state index in [0.29, 0.717) is 13.2 Å². The van der Waals surface area contributed by atoms with Crippen molar-refractivity contribution in [3.05, 3.63) is 28.1 Å². The lowest BCUT2D eigenvalue weighted by atomic mass is 9.85. The Hall–Kier alpha value is -1.59. The van der Waals surface area contributed by atoms with Crippen LogP contribution in [-0.2, 0) is 11.8 Å². The molecule has 0 bridgehead atoms. The molecule has 5 heteroatoms. The molecule has 0 radical (unpaired) electrons. The second-order valence-corrected chi connectivity index (χ2v) is 7.88. The first kappa shape index (κ1) is 19.7. The van der Waals surface area contributed by atoms with Gasteiger partial charge in [-0.15, -0.1) is 11.3 Å². The van der Waals surface area contributed by atoms with E-state index in [1.807, 2.05) is 20.9 Å². The standard InChI is InChI=1S/C20H30N2O2S/c1-7-23-17-12-15(20(3,4)5)18(24-8-2)11-14(17)16-13-25-19(22-16)9-10-21-6/h11-13,21H,7-10H2,1-6H3. The molecule has 0 saturated carbocycles. The van der Waals surface area contributed by atoms with E-state index < -0.39 is 0 Å². The van der Waals surface area contributed by atoms with E-state index >= 15 is 0 Å². The third-order valence-corrected chi connectivity index (χ3v) is 4.81. The van der Waals surface area contributed by atoms with Crippen molar-refractivity contribution in [2.45, 2.75) is 46.5 Å². The van der Waals surface area contributed by atoms with Crippen molar-refractivity contribution in [2.75, 3.05) is 26.8 Å². The first-order valence-electron chi connectivity index (χ1n) is 8.94. The molecule has 0 aliphatic carbocycles. The monoisotopic (exact) mass is 362 g/mol. The Kier molecular flexibility index (Phi) is 6.85. The summed E-state index contributed by atoms with van der Waals surface area (Å²) in [5, 5.41) is 6.40. The van der Waals surface area contributed by atoms with E-state index in [4.69, 9.17) is 14.5 Å². The summed E-state index contributed by atoms with van der Waals surface area (Å²) in [6, 6.07) is 4.21. The molecule has 0 aliphatic heterocycles. The highest BCUT2D eigenvalue weighted by molar-refractivity contribution is 7.09. The normalized spacial score (nSPS) is 11.6. The lowest BCUT2D eigenvalue weighted by Crippen LogP contribution is -2.14. The van der Waals surface area contributed by atoms with Gasteiger partial charge < -0.3 is 14.8 Å². The molecule has 1 N–H and O–H groups in total. The maximum Gasteiger partial charge on any atom is 0.129 e. The summed E-state index contributed by atoms with van der Waals surface area (Å²) in [5.74, 6) is 1.79. The molecular formula is C20H30N2O2S. The smallest absolute Gasteiger partial charge is 0.129 e. The van der Waals surface area contributed by atoms with Crippen LogP contribution in [0.5, 0.6) is 11.5 Å². The van der Waals surface area contributed by atoms with Gasteiger partial charge in [-0.25, -0.2) is 4.98 Å². The van der Waals surface area contributed by atoms with Gasteiger partial charge in [-0.2, -0.15) is 0 Å². The van der Waals surface area contributed by atoms with Crippen molar-refractivity contribution in [2.24, 2.45) is 0 Å². The first-order chi connectivity index (χ1) is 11.9. The highest BCUT2D eigenvalue weighted by atomic mass is 32.1. The molecule has 4 nitrogen and oxygen atoms in total. The molecule has 25 heavy (non-hydrogen) atoms. The number of ether oxygens (including phenoxy) is 2. The Morgan fingerprint density at radius 2 is 1.76 bits per heavy atom. The number of hydrogen-bond acceptors (Lipinski definition) is 5. The molecule has 0 fully saturated rings. The lowest BCUT2D eigenvalue weighted by molar-refractivity contribution is 0.322. The number of hydrogen-bond donors (Lipinski definition) is 1. The Bertz CT molecular complexity index is 689. The van der Waals surface area contributed by atoms with Gasteiger partial charge in [-0.05, 0) is 38.4 Å². The van der Waals surface area contributed by atoms with Crippen LogP contribution in [0.3, 0.4) is 0 Å². The first-order valence-corrected chi connectivity index (χ1v) is 9.82. The van der Waals surface area contributed by atoms with Crippen LogP contribution >= 0.6 is 11.3 Å². The van der Waals surface area contributed by atoms with Crippen molar-refractivity contribution in [1.82, 2.24) is 10.3 Å². The number of benzene rings is 1. The van der Waals surface area contributed by atoms with Crippen LogP contribution in [0.4, 0.5) is 0 Å². The van der Waals surface area contributed by atoms with Crippen molar-refractivity contribution in [3.63, 3.8) is 0 Å². The topological polar surface area (TPSA) is 43.4 Å². The molecule has 1 aromatic carbocycles. The molecule has 0 aliphatic rings. The number of aromatic nitrogens is 1. The fraction of sp³-hybridized carbons (Fsp3) is 0.550. The van der Waals surface area contributed by atoms with Gasteiger partial charge in [0.1, 0.15) is 11.5 Å². The summed E-state index contributed by atoms with van der Waals surface area (Å²) in [5.41, 5.74) is 3.10. The van der Waals surface area contributed by atoms with Crippen LogP contribution in [0.2, 0.25) is 0 Å². The molecular weight excluding hydrogens is 332 g/mol. The maximum atomic E-state index is 5.95. The Morgan fingerprint density at radius 1 is 1.08 bits per heavy atom. The van der Waals surface area contributed by atoms with E-state index in [9.17, 15) is 0 Å². The minimum Gasteiger partial charge on any atom is -0.494 e. The van der Waals surface area contributed by atoms with E-state index in [2.05, 4.69) is 43.6 Å². The van der Waals surface area contributed by atoms with Crippen LogP contribution < -0.4 is 14.8 Å². The van der Waals surface area contributed by atoms with Crippen LogP contribution in [-0.4, -0.2) is 31.8 Å². The average Bonchev–Trinajstić information content (AvgIpc) is 3.02. The highest BCUT2D eigenvalue weighted by Crippen LogP contribution is 2.41. The molecule has 0 spiro atoms. The second kappa shape index (κ2) is 8.68. The van der Waals surface area contributed by atoms with Gasteiger partial charge in [0, 0.05) is 29.5 Å². The number of likely N-dealkylation sites (N-methyl/N-ethyl adjacent to an activating group) is 1. The summed E-state index contributed by atoms with van der Waals surface area (Å²) < 4.78 is 11.9. The van der Waals surface area contributed by atoms with Gasteiger partial charge >= 0.3 is 0 Å². The fourth-order valence-corrected chi connectivity index (χ4v) is 3.48. The molecule has 2 aromatic rings. The zero-order valence-corrected chi connectivity index (χ0v) is 17.0. The number of nitrogens with zero attached hydrogens (tertiary/aromatic N) is 1. The molecule has 0 atom stereocenters. The Labute approximate surface area is 155 Å². The van der Waals surface area contributed by atoms with Crippen molar-refractivity contribution in [3.8, 4) is 22.8 Å². The Morgan fingerprint density at radius 3 is 2.36 bits per heavy atom. The predicted octanol–water partition coefficient (Wildman–Crippen LogP) is 4.67. The van der Waals surface area contributed by atoms with Crippen LogP contribution in [0.25, 0.3) is 11.3 Å². The fourth-order valence-electron chi connectivity index (χ4n) is 2.68. The third kappa shape index (κ3) is 4.95. The van der Waals surface area contributed by atoms with E-state index in [1.54, 1.807) is 11.3 Å². The minimum atomic E-state index is -0.0189. The maximum absolute atomic E-state index is 5.95. The molecule has 0 unspecified atom stereocenters. The van der Waals surface area contributed by atoms with Gasteiger partial charge in [0.2, 0.25) is 0 Å². The summed E-state index contributed by atoms with van der Waals surface area (Å²) in [4.78, 5) is 4.80. The van der Waals surface area contributed by atoms with E-state index in [0.717, 1.165) is 46.3 Å². The summed E-state index contributed by atoms with van der Waals surface area (Å²) >= 11 is 1.69. The van der Waals surface area contributed by atoms with E-state index in [1.165, 1.54) is 0 Å². The molecule has 138 valence electrons. The van der Waals surface area contributed by atoms with E-state index in [-0.39, 0.29) is 5.41 Å². The molecule has 0 amide bonds. The zero-order chi connectivity index (χ0) is 18.4. The minimum absolute atomic E-state index is 0.0189. The quantitative estimate of drug-likeness (QED) is 0.741. The zero-order valence-electron chi connectivity index (χ0n) is 16.2. The van der Waals surface area contributed by atoms with Gasteiger partial charge in [0.05, 0.1) is 23.9 Å².